The van der Waals surface area contributed by atoms with Gasteiger partial charge in [-0.1, -0.05) is 0 Å². The topological polar surface area (TPSA) is 81.6 Å². The van der Waals surface area contributed by atoms with Crippen LogP contribution < -0.4 is 5.32 Å². The van der Waals surface area contributed by atoms with E-state index >= 15 is 0 Å². The maximum Gasteiger partial charge on any atom is 0.243 e. The first-order valence-corrected chi connectivity index (χ1v) is 3.85. The van der Waals surface area contributed by atoms with Crippen LogP contribution in [0.4, 0.5) is 5.95 Å². The summed E-state index contributed by atoms with van der Waals surface area (Å²) in [7, 11) is 0. The molecule has 0 fully saturated rings. The number of H-pyrrole nitrogens is 1. The largest absolute Gasteiger partial charge is 0.328 e. The first-order chi connectivity index (χ1) is 6.13. The summed E-state index contributed by atoms with van der Waals surface area (Å²) in [6, 6.07) is 1.84. The molecular formula is C8H10N4O. The average molecular weight is 178 g/mol. The number of aromatic amines is 1. The van der Waals surface area contributed by atoms with Crippen molar-refractivity contribution in [3.63, 3.8) is 0 Å². The number of nitriles is 1. The number of amides is 1. The Bertz CT molecular complexity index is 349. The summed E-state index contributed by atoms with van der Waals surface area (Å²) in [4.78, 5) is 17.9. The summed E-state index contributed by atoms with van der Waals surface area (Å²) in [6.07, 6.45) is 1.60. The van der Waals surface area contributed by atoms with Gasteiger partial charge < -0.3 is 4.98 Å². The molecule has 1 atom stereocenters. The molecule has 1 heterocycles. The van der Waals surface area contributed by atoms with Gasteiger partial charge in [-0.3, -0.25) is 10.1 Å². The fourth-order valence-electron chi connectivity index (χ4n) is 0.760. The van der Waals surface area contributed by atoms with Crippen LogP contribution in [-0.4, -0.2) is 15.9 Å². The van der Waals surface area contributed by atoms with Crippen molar-refractivity contribution in [3.05, 3.63) is 11.9 Å². The molecule has 0 saturated heterocycles. The Morgan fingerprint density at radius 3 is 3.00 bits per heavy atom. The molecule has 5 heteroatoms. The molecule has 0 spiro atoms. The monoisotopic (exact) mass is 178 g/mol. The van der Waals surface area contributed by atoms with E-state index in [1.807, 2.05) is 13.0 Å². The first-order valence-electron chi connectivity index (χ1n) is 3.85. The number of hydrogen-bond donors (Lipinski definition) is 2. The van der Waals surface area contributed by atoms with Crippen molar-refractivity contribution >= 4 is 11.9 Å². The second kappa shape index (κ2) is 3.72. The van der Waals surface area contributed by atoms with Gasteiger partial charge in [-0.2, -0.15) is 5.26 Å². The number of aromatic nitrogens is 2. The van der Waals surface area contributed by atoms with Crippen LogP contribution in [0.25, 0.3) is 0 Å². The molecule has 0 aliphatic rings. The first kappa shape index (κ1) is 9.26. The van der Waals surface area contributed by atoms with Crippen LogP contribution in [-0.2, 0) is 4.79 Å². The Morgan fingerprint density at radius 2 is 2.54 bits per heavy atom. The molecular weight excluding hydrogens is 168 g/mol. The number of nitrogens with zero attached hydrogens (tertiary/aromatic N) is 2. The maximum atomic E-state index is 11.2. The smallest absolute Gasteiger partial charge is 0.243 e. The minimum Gasteiger partial charge on any atom is -0.328 e. The van der Waals surface area contributed by atoms with Crippen molar-refractivity contribution in [2.24, 2.45) is 5.92 Å². The molecule has 1 unspecified atom stereocenters. The van der Waals surface area contributed by atoms with Gasteiger partial charge in [-0.15, -0.1) is 0 Å². The molecule has 68 valence electrons. The second-order valence-electron chi connectivity index (χ2n) is 2.75. The van der Waals surface area contributed by atoms with E-state index in [2.05, 4.69) is 15.3 Å². The molecule has 0 bridgehead atoms. The molecule has 0 aliphatic heterocycles. The molecule has 1 aromatic heterocycles. The summed E-state index contributed by atoms with van der Waals surface area (Å²) < 4.78 is 0. The van der Waals surface area contributed by atoms with Crippen molar-refractivity contribution in [2.75, 3.05) is 5.32 Å². The highest BCUT2D eigenvalue weighted by atomic mass is 16.2. The maximum absolute atomic E-state index is 11.2. The number of rotatable bonds is 2. The van der Waals surface area contributed by atoms with Gasteiger partial charge in [-0.25, -0.2) is 4.98 Å². The molecule has 5 nitrogen and oxygen atoms in total. The Hall–Kier alpha value is -1.83. The standard InChI is InChI=1S/C8H10N4O/c1-5(3-9)7(13)12-8-10-4-6(2)11-8/h4-5H,1-2H3,(H2,10,11,12,13). The van der Waals surface area contributed by atoms with E-state index in [-0.39, 0.29) is 5.91 Å². The van der Waals surface area contributed by atoms with Crippen LogP contribution in [0, 0.1) is 24.2 Å². The highest BCUT2D eigenvalue weighted by molar-refractivity contribution is 5.92. The Labute approximate surface area is 75.8 Å². The number of aryl methyl sites for hydroxylation is 1. The number of imidazole rings is 1. The molecule has 13 heavy (non-hydrogen) atoms. The van der Waals surface area contributed by atoms with Crippen LogP contribution in [0.2, 0.25) is 0 Å². The molecule has 1 amide bonds. The summed E-state index contributed by atoms with van der Waals surface area (Å²) in [5, 5.41) is 10.9. The lowest BCUT2D eigenvalue weighted by Gasteiger charge is -2.01. The fourth-order valence-corrected chi connectivity index (χ4v) is 0.760. The number of nitrogens with one attached hydrogen (secondary N) is 2. The fraction of sp³-hybridized carbons (Fsp3) is 0.375. The Kier molecular flexibility index (Phi) is 2.65. The van der Waals surface area contributed by atoms with Crippen molar-refractivity contribution < 1.29 is 4.79 Å². The summed E-state index contributed by atoms with van der Waals surface area (Å²) in [5.41, 5.74) is 0.861. The van der Waals surface area contributed by atoms with Crippen LogP contribution in [0.1, 0.15) is 12.6 Å². The third kappa shape index (κ3) is 2.30. The third-order valence-electron chi connectivity index (χ3n) is 1.53. The predicted molar refractivity (Wildman–Crippen MR) is 46.7 cm³/mol. The molecule has 0 aromatic carbocycles. The van der Waals surface area contributed by atoms with E-state index in [1.165, 1.54) is 6.92 Å². The zero-order valence-electron chi connectivity index (χ0n) is 7.46. The molecule has 1 aromatic rings. The normalized spacial score (nSPS) is 11.8. The van der Waals surface area contributed by atoms with Gasteiger partial charge in [0.2, 0.25) is 11.9 Å². The number of carbonyl (C=O) groups excluding carboxylic acids is 1. The van der Waals surface area contributed by atoms with E-state index in [9.17, 15) is 4.79 Å². The van der Waals surface area contributed by atoms with Gasteiger partial charge in [0.15, 0.2) is 0 Å². The van der Waals surface area contributed by atoms with Crippen molar-refractivity contribution in [1.29, 1.82) is 5.26 Å². The highest BCUT2D eigenvalue weighted by Crippen LogP contribution is 2.02. The lowest BCUT2D eigenvalue weighted by atomic mass is 10.2. The lowest BCUT2D eigenvalue weighted by Crippen LogP contribution is -2.19. The lowest BCUT2D eigenvalue weighted by molar-refractivity contribution is -0.118. The molecule has 1 rings (SSSR count). The van der Waals surface area contributed by atoms with E-state index in [0.29, 0.717) is 5.95 Å². The molecule has 0 aliphatic carbocycles. The zero-order valence-corrected chi connectivity index (χ0v) is 7.46. The SMILES string of the molecule is Cc1cnc(NC(=O)C(C)C#N)[nH]1. The van der Waals surface area contributed by atoms with E-state index in [1.54, 1.807) is 6.20 Å². The van der Waals surface area contributed by atoms with Gasteiger partial charge >= 0.3 is 0 Å². The van der Waals surface area contributed by atoms with Gasteiger partial charge in [-0.05, 0) is 13.8 Å². The van der Waals surface area contributed by atoms with Crippen molar-refractivity contribution in [2.45, 2.75) is 13.8 Å². The van der Waals surface area contributed by atoms with E-state index in [4.69, 9.17) is 5.26 Å². The van der Waals surface area contributed by atoms with Gasteiger partial charge in [0.25, 0.3) is 0 Å². The Morgan fingerprint density at radius 1 is 1.85 bits per heavy atom. The van der Waals surface area contributed by atoms with Crippen LogP contribution >= 0.6 is 0 Å². The van der Waals surface area contributed by atoms with Crippen LogP contribution in [0.3, 0.4) is 0 Å². The van der Waals surface area contributed by atoms with Gasteiger partial charge in [0.05, 0.1) is 6.07 Å². The van der Waals surface area contributed by atoms with Crippen molar-refractivity contribution in [1.82, 2.24) is 9.97 Å². The summed E-state index contributed by atoms with van der Waals surface area (Å²) >= 11 is 0. The second-order valence-corrected chi connectivity index (χ2v) is 2.75. The van der Waals surface area contributed by atoms with Crippen LogP contribution in [0.5, 0.6) is 0 Å². The van der Waals surface area contributed by atoms with Gasteiger partial charge in [0.1, 0.15) is 5.92 Å². The summed E-state index contributed by atoms with van der Waals surface area (Å²) in [5.74, 6) is -0.633. The van der Waals surface area contributed by atoms with Gasteiger partial charge in [0, 0.05) is 11.9 Å². The number of hydrogen-bond acceptors (Lipinski definition) is 3. The van der Waals surface area contributed by atoms with E-state index in [0.717, 1.165) is 5.69 Å². The zero-order chi connectivity index (χ0) is 9.84. The minimum absolute atomic E-state index is 0.350. The molecule has 0 saturated carbocycles. The molecule has 2 N–H and O–H groups in total. The summed E-state index contributed by atoms with van der Waals surface area (Å²) in [6.45, 7) is 3.36. The quantitative estimate of drug-likeness (QED) is 0.703. The van der Waals surface area contributed by atoms with Crippen LogP contribution in [0.15, 0.2) is 6.20 Å². The average Bonchev–Trinajstić information content (AvgIpc) is 2.49. The Balaban J connectivity index is 2.61. The minimum atomic E-state index is -0.662. The predicted octanol–water partition coefficient (Wildman–Crippen LogP) is 0.816. The third-order valence-corrected chi connectivity index (χ3v) is 1.53. The highest BCUT2D eigenvalue weighted by Gasteiger charge is 2.12. The molecule has 0 radical (unpaired) electrons. The number of anilines is 1. The van der Waals surface area contributed by atoms with E-state index < -0.39 is 5.92 Å². The number of carbonyl (C=O) groups is 1. The van der Waals surface area contributed by atoms with Crippen molar-refractivity contribution in [3.8, 4) is 6.07 Å².